The van der Waals surface area contributed by atoms with Crippen molar-refractivity contribution in [3.8, 4) is 0 Å². The number of para-hydroxylation sites is 1. The van der Waals surface area contributed by atoms with Crippen LogP contribution in [0.2, 0.25) is 0 Å². The first-order valence-corrected chi connectivity index (χ1v) is 6.40. The van der Waals surface area contributed by atoms with Crippen LogP contribution in [-0.2, 0) is 5.41 Å². The van der Waals surface area contributed by atoms with Gasteiger partial charge in [-0.15, -0.1) is 0 Å². The van der Waals surface area contributed by atoms with Gasteiger partial charge in [-0.2, -0.15) is 0 Å². The van der Waals surface area contributed by atoms with E-state index in [1.807, 2.05) is 12.1 Å². The molecule has 1 heteroatoms. The minimum atomic E-state index is 0.121. The van der Waals surface area contributed by atoms with Crippen molar-refractivity contribution >= 4 is 21.9 Å². The zero-order chi connectivity index (χ0) is 12.9. The van der Waals surface area contributed by atoms with Gasteiger partial charge in [-0.25, -0.2) is 0 Å². The molecule has 0 spiro atoms. The Morgan fingerprint density at radius 1 is 0.889 bits per heavy atom. The molecule has 0 amide bonds. The van der Waals surface area contributed by atoms with Crippen LogP contribution in [0.15, 0.2) is 40.8 Å². The lowest BCUT2D eigenvalue weighted by Gasteiger charge is -2.22. The molecule has 1 nitrogen and oxygen atoms in total. The molecule has 0 N–H and O–H groups in total. The van der Waals surface area contributed by atoms with Crippen LogP contribution in [0.1, 0.15) is 31.9 Å². The molecule has 0 aliphatic carbocycles. The fraction of sp³-hybridized carbons (Fsp3) is 0.294. The number of furan rings is 1. The van der Waals surface area contributed by atoms with Crippen LogP contribution in [0.5, 0.6) is 0 Å². The average molecular weight is 238 g/mol. The first-order chi connectivity index (χ1) is 8.48. The number of benzene rings is 2. The molecule has 1 aromatic heterocycles. The van der Waals surface area contributed by atoms with Gasteiger partial charge in [0.1, 0.15) is 11.2 Å². The zero-order valence-corrected chi connectivity index (χ0v) is 11.4. The van der Waals surface area contributed by atoms with E-state index in [0.717, 1.165) is 11.2 Å². The Bertz CT molecular complexity index is 726. The van der Waals surface area contributed by atoms with Gasteiger partial charge in [0.05, 0.1) is 0 Å². The van der Waals surface area contributed by atoms with Gasteiger partial charge in [0.25, 0.3) is 0 Å². The summed E-state index contributed by atoms with van der Waals surface area (Å²) >= 11 is 0. The topological polar surface area (TPSA) is 13.1 Å². The van der Waals surface area contributed by atoms with Gasteiger partial charge in [-0.3, -0.25) is 0 Å². The van der Waals surface area contributed by atoms with Crippen LogP contribution in [0, 0.1) is 6.92 Å². The Hall–Kier alpha value is -1.76. The molecule has 0 bridgehead atoms. The van der Waals surface area contributed by atoms with Crippen LogP contribution in [0.4, 0.5) is 0 Å². The van der Waals surface area contributed by atoms with E-state index in [1.165, 1.54) is 21.9 Å². The van der Waals surface area contributed by atoms with Gasteiger partial charge in [0.15, 0.2) is 0 Å². The summed E-state index contributed by atoms with van der Waals surface area (Å²) in [7, 11) is 0. The van der Waals surface area contributed by atoms with E-state index < -0.39 is 0 Å². The second-order valence-corrected chi connectivity index (χ2v) is 5.98. The van der Waals surface area contributed by atoms with Gasteiger partial charge in [-0.05, 0) is 35.6 Å². The van der Waals surface area contributed by atoms with Crippen molar-refractivity contribution in [3.63, 3.8) is 0 Å². The number of rotatable bonds is 0. The van der Waals surface area contributed by atoms with Crippen LogP contribution < -0.4 is 0 Å². The third kappa shape index (κ3) is 1.54. The molecule has 1 heterocycles. The second kappa shape index (κ2) is 3.61. The van der Waals surface area contributed by atoms with E-state index in [9.17, 15) is 0 Å². The van der Waals surface area contributed by atoms with Crippen molar-refractivity contribution in [2.24, 2.45) is 0 Å². The largest absolute Gasteiger partial charge is 0.456 e. The molecule has 0 aliphatic rings. The van der Waals surface area contributed by atoms with Crippen molar-refractivity contribution in [2.75, 3.05) is 0 Å². The third-order valence-corrected chi connectivity index (χ3v) is 3.50. The molecule has 3 aromatic rings. The minimum absolute atomic E-state index is 0.121. The first-order valence-electron chi connectivity index (χ1n) is 6.40. The lowest BCUT2D eigenvalue weighted by molar-refractivity contribution is 0.590. The lowest BCUT2D eigenvalue weighted by atomic mass is 9.81. The molecule has 18 heavy (non-hydrogen) atoms. The fourth-order valence-corrected chi connectivity index (χ4v) is 2.89. The summed E-state index contributed by atoms with van der Waals surface area (Å²) in [6, 6.07) is 12.5. The summed E-state index contributed by atoms with van der Waals surface area (Å²) in [6.07, 6.45) is 0. The Balaban J connectivity index is 2.57. The minimum Gasteiger partial charge on any atom is -0.456 e. The highest BCUT2D eigenvalue weighted by atomic mass is 16.3. The second-order valence-electron chi connectivity index (χ2n) is 5.98. The molecule has 92 valence electrons. The van der Waals surface area contributed by atoms with Crippen LogP contribution in [-0.4, -0.2) is 0 Å². The zero-order valence-electron chi connectivity index (χ0n) is 11.4. The highest BCUT2D eigenvalue weighted by Gasteiger charge is 2.22. The highest BCUT2D eigenvalue weighted by Crippen LogP contribution is 2.38. The lowest BCUT2D eigenvalue weighted by Crippen LogP contribution is -2.13. The van der Waals surface area contributed by atoms with Gasteiger partial charge in [-0.1, -0.05) is 45.0 Å². The van der Waals surface area contributed by atoms with Gasteiger partial charge in [0, 0.05) is 10.8 Å². The summed E-state index contributed by atoms with van der Waals surface area (Å²) in [6.45, 7) is 8.96. The molecular weight excluding hydrogens is 220 g/mol. The quantitative estimate of drug-likeness (QED) is 0.525. The number of aryl methyl sites for hydroxylation is 1. The standard InChI is InChI=1S/C17H18O/c1-11-9-10-14-15(16(11)17(2,3)4)12-7-5-6-8-13(12)18-14/h5-10H,1-4H3. The van der Waals surface area contributed by atoms with E-state index in [0.29, 0.717) is 0 Å². The molecule has 0 atom stereocenters. The Morgan fingerprint density at radius 2 is 1.61 bits per heavy atom. The Morgan fingerprint density at radius 3 is 2.33 bits per heavy atom. The molecule has 0 saturated carbocycles. The van der Waals surface area contributed by atoms with Crippen LogP contribution in [0.25, 0.3) is 21.9 Å². The summed E-state index contributed by atoms with van der Waals surface area (Å²) < 4.78 is 5.94. The van der Waals surface area contributed by atoms with E-state index in [-0.39, 0.29) is 5.41 Å². The van der Waals surface area contributed by atoms with Crippen molar-refractivity contribution in [2.45, 2.75) is 33.1 Å². The predicted molar refractivity (Wildman–Crippen MR) is 77.2 cm³/mol. The first kappa shape index (κ1) is 11.3. The molecule has 0 radical (unpaired) electrons. The number of hydrogen-bond donors (Lipinski definition) is 0. The molecule has 0 unspecified atom stereocenters. The summed E-state index contributed by atoms with van der Waals surface area (Å²) in [5, 5.41) is 2.50. The molecule has 2 aromatic carbocycles. The maximum Gasteiger partial charge on any atom is 0.135 e. The van der Waals surface area contributed by atoms with Crippen LogP contribution in [0.3, 0.4) is 0 Å². The molecule has 0 saturated heterocycles. The predicted octanol–water partition coefficient (Wildman–Crippen LogP) is 5.19. The molecule has 3 rings (SSSR count). The monoisotopic (exact) mass is 238 g/mol. The summed E-state index contributed by atoms with van der Waals surface area (Å²) in [5.74, 6) is 0. The Kier molecular flexibility index (Phi) is 2.28. The molecule has 0 fully saturated rings. The van der Waals surface area contributed by atoms with Crippen LogP contribution >= 0.6 is 0 Å². The van der Waals surface area contributed by atoms with Gasteiger partial charge < -0.3 is 4.42 Å². The SMILES string of the molecule is Cc1ccc2oc3ccccc3c2c1C(C)(C)C. The van der Waals surface area contributed by atoms with Crippen molar-refractivity contribution in [3.05, 3.63) is 47.5 Å². The fourth-order valence-electron chi connectivity index (χ4n) is 2.89. The highest BCUT2D eigenvalue weighted by molar-refractivity contribution is 6.07. The van der Waals surface area contributed by atoms with Gasteiger partial charge in [0.2, 0.25) is 0 Å². The van der Waals surface area contributed by atoms with Crippen molar-refractivity contribution < 1.29 is 4.42 Å². The van der Waals surface area contributed by atoms with Crippen molar-refractivity contribution in [1.29, 1.82) is 0 Å². The van der Waals surface area contributed by atoms with E-state index >= 15 is 0 Å². The molecule has 0 aliphatic heterocycles. The normalized spacial score (nSPS) is 12.4. The van der Waals surface area contributed by atoms with Gasteiger partial charge >= 0.3 is 0 Å². The van der Waals surface area contributed by atoms with E-state index in [2.05, 4.69) is 52.0 Å². The summed E-state index contributed by atoms with van der Waals surface area (Å²) in [4.78, 5) is 0. The summed E-state index contributed by atoms with van der Waals surface area (Å²) in [5.41, 5.74) is 4.82. The number of hydrogen-bond acceptors (Lipinski definition) is 1. The Labute approximate surface area is 107 Å². The van der Waals surface area contributed by atoms with Crippen molar-refractivity contribution in [1.82, 2.24) is 0 Å². The smallest absolute Gasteiger partial charge is 0.135 e. The average Bonchev–Trinajstić information content (AvgIpc) is 2.66. The third-order valence-electron chi connectivity index (χ3n) is 3.50. The van der Waals surface area contributed by atoms with E-state index in [1.54, 1.807) is 0 Å². The maximum absolute atomic E-state index is 5.94. The van der Waals surface area contributed by atoms with E-state index in [4.69, 9.17) is 4.42 Å². The molecular formula is C17H18O. The number of fused-ring (bicyclic) bond motifs is 3. The maximum atomic E-state index is 5.94.